The molecule has 1 heterocycles. The number of carbonyl (C=O) groups excluding carboxylic acids is 1. The van der Waals surface area contributed by atoms with Crippen LogP contribution in [-0.4, -0.2) is 26.8 Å². The number of aryl methyl sites for hydroxylation is 2. The van der Waals surface area contributed by atoms with Crippen molar-refractivity contribution in [1.29, 1.82) is 5.26 Å². The fourth-order valence-corrected chi connectivity index (χ4v) is 3.75. The first-order valence-corrected chi connectivity index (χ1v) is 9.94. The molecule has 0 saturated carbocycles. The van der Waals surface area contributed by atoms with Crippen molar-refractivity contribution in [3.63, 3.8) is 0 Å². The number of thioether (sulfide) groups is 2. The molecule has 0 aliphatic heterocycles. The van der Waals surface area contributed by atoms with E-state index < -0.39 is 0 Å². The summed E-state index contributed by atoms with van der Waals surface area (Å²) >= 11 is 2.38. The number of H-pyrrole nitrogens is 1. The minimum absolute atomic E-state index is 0.127. The first kappa shape index (κ1) is 19.0. The Bertz CT molecular complexity index is 972. The smallest absolute Gasteiger partial charge is 0.234 e. The predicted molar refractivity (Wildman–Crippen MR) is 109 cm³/mol. The average Bonchev–Trinajstić information content (AvgIpc) is 3.13. The van der Waals surface area contributed by atoms with Crippen molar-refractivity contribution in [1.82, 2.24) is 15.2 Å². The number of amides is 1. The van der Waals surface area contributed by atoms with Gasteiger partial charge in [0.05, 0.1) is 5.75 Å². The van der Waals surface area contributed by atoms with E-state index in [1.165, 1.54) is 11.8 Å². The first-order chi connectivity index (χ1) is 13.1. The molecule has 3 rings (SSSR count). The summed E-state index contributed by atoms with van der Waals surface area (Å²) in [4.78, 5) is 17.6. The maximum absolute atomic E-state index is 12.3. The van der Waals surface area contributed by atoms with Gasteiger partial charge < -0.3 is 5.32 Å². The summed E-state index contributed by atoms with van der Waals surface area (Å²) in [5, 5.41) is 21.4. The van der Waals surface area contributed by atoms with Gasteiger partial charge in [-0.05, 0) is 48.9 Å². The van der Waals surface area contributed by atoms with Gasteiger partial charge in [0.25, 0.3) is 0 Å². The summed E-state index contributed by atoms with van der Waals surface area (Å²) in [6.45, 7) is 3.83. The SMILES string of the molecule is Cc1cc(SC#N)cc(C)c1NC(=O)CSc1n[nH]c(-c2ccccc2)n1. The number of benzene rings is 2. The van der Waals surface area contributed by atoms with E-state index in [9.17, 15) is 4.79 Å². The zero-order valence-corrected chi connectivity index (χ0v) is 16.4. The third kappa shape index (κ3) is 4.90. The molecule has 0 fully saturated rings. The standard InChI is InChI=1S/C19H17N5OS2/c1-12-8-15(27-11-20)9-13(2)17(12)21-16(25)10-26-19-22-18(23-24-19)14-6-4-3-5-7-14/h3-9H,10H2,1-2H3,(H,21,25)(H,22,23,24). The fourth-order valence-electron chi connectivity index (χ4n) is 2.57. The minimum atomic E-state index is -0.127. The molecule has 1 amide bonds. The lowest BCUT2D eigenvalue weighted by molar-refractivity contribution is -0.113. The molecule has 3 aromatic rings. The molecule has 1 aromatic heterocycles. The summed E-state index contributed by atoms with van der Waals surface area (Å²) < 4.78 is 0. The van der Waals surface area contributed by atoms with E-state index in [1.807, 2.05) is 56.3 Å². The lowest BCUT2D eigenvalue weighted by Gasteiger charge is -2.12. The molecule has 136 valence electrons. The molecule has 0 saturated heterocycles. The summed E-state index contributed by atoms with van der Waals surface area (Å²) in [6, 6.07) is 13.5. The number of aromatic nitrogens is 3. The lowest BCUT2D eigenvalue weighted by atomic mass is 10.1. The molecular formula is C19H17N5OS2. The highest BCUT2D eigenvalue weighted by Crippen LogP contribution is 2.28. The highest BCUT2D eigenvalue weighted by atomic mass is 32.2. The van der Waals surface area contributed by atoms with Gasteiger partial charge in [0.1, 0.15) is 5.40 Å². The van der Waals surface area contributed by atoms with E-state index in [-0.39, 0.29) is 11.7 Å². The van der Waals surface area contributed by atoms with Crippen molar-refractivity contribution < 1.29 is 4.79 Å². The maximum atomic E-state index is 12.3. The lowest BCUT2D eigenvalue weighted by Crippen LogP contribution is -2.16. The van der Waals surface area contributed by atoms with Crippen LogP contribution in [0.25, 0.3) is 11.4 Å². The Labute approximate surface area is 165 Å². The fraction of sp³-hybridized carbons (Fsp3) is 0.158. The summed E-state index contributed by atoms with van der Waals surface area (Å²) in [5.74, 6) is 0.758. The molecule has 0 unspecified atom stereocenters. The van der Waals surface area contributed by atoms with Gasteiger partial charge in [-0.15, -0.1) is 5.10 Å². The molecule has 0 atom stereocenters. The van der Waals surface area contributed by atoms with Crippen molar-refractivity contribution in [3.05, 3.63) is 53.6 Å². The summed E-state index contributed by atoms with van der Waals surface area (Å²) in [7, 11) is 0. The Balaban J connectivity index is 1.61. The number of hydrogen-bond acceptors (Lipinski definition) is 6. The van der Waals surface area contributed by atoms with Crippen LogP contribution in [-0.2, 0) is 4.79 Å². The zero-order chi connectivity index (χ0) is 19.2. The van der Waals surface area contributed by atoms with Crippen LogP contribution in [0.1, 0.15) is 11.1 Å². The van der Waals surface area contributed by atoms with E-state index in [0.29, 0.717) is 11.0 Å². The molecule has 0 spiro atoms. The number of aromatic amines is 1. The topological polar surface area (TPSA) is 94.5 Å². The van der Waals surface area contributed by atoms with Crippen LogP contribution >= 0.6 is 23.5 Å². The van der Waals surface area contributed by atoms with Crippen LogP contribution in [0.2, 0.25) is 0 Å². The highest BCUT2D eigenvalue weighted by Gasteiger charge is 2.12. The van der Waals surface area contributed by atoms with Crippen molar-refractivity contribution in [2.45, 2.75) is 23.9 Å². The number of rotatable bonds is 6. The van der Waals surface area contributed by atoms with Crippen molar-refractivity contribution in [3.8, 4) is 16.8 Å². The number of anilines is 1. The predicted octanol–water partition coefficient (Wildman–Crippen LogP) is 4.39. The van der Waals surface area contributed by atoms with Crippen LogP contribution in [0.3, 0.4) is 0 Å². The molecule has 0 aliphatic rings. The van der Waals surface area contributed by atoms with Gasteiger partial charge in [-0.2, -0.15) is 5.26 Å². The Kier molecular flexibility index (Phi) is 6.16. The monoisotopic (exact) mass is 395 g/mol. The number of nitrogens with zero attached hydrogens (tertiary/aromatic N) is 3. The van der Waals surface area contributed by atoms with Gasteiger partial charge in [0, 0.05) is 16.1 Å². The molecule has 2 N–H and O–H groups in total. The Hall–Kier alpha value is -2.76. The van der Waals surface area contributed by atoms with Gasteiger partial charge in [-0.25, -0.2) is 4.98 Å². The summed E-state index contributed by atoms with van der Waals surface area (Å²) in [6.07, 6.45) is 0. The number of carbonyl (C=O) groups is 1. The minimum Gasteiger partial charge on any atom is -0.325 e. The van der Waals surface area contributed by atoms with Gasteiger partial charge >= 0.3 is 0 Å². The van der Waals surface area contributed by atoms with Crippen molar-refractivity contribution >= 4 is 35.1 Å². The quantitative estimate of drug-likeness (QED) is 0.475. The summed E-state index contributed by atoms with van der Waals surface area (Å²) in [5.41, 5.74) is 3.58. The number of thiocyanates is 1. The Morgan fingerprint density at radius 3 is 2.59 bits per heavy atom. The number of nitrogens with one attached hydrogen (secondary N) is 2. The highest BCUT2D eigenvalue weighted by molar-refractivity contribution is 8.03. The van der Waals surface area contributed by atoms with E-state index in [1.54, 1.807) is 0 Å². The van der Waals surface area contributed by atoms with E-state index in [0.717, 1.165) is 39.0 Å². The van der Waals surface area contributed by atoms with Crippen LogP contribution in [0.5, 0.6) is 0 Å². The second-order valence-electron chi connectivity index (χ2n) is 5.79. The van der Waals surface area contributed by atoms with Crippen LogP contribution < -0.4 is 5.32 Å². The Morgan fingerprint density at radius 2 is 1.93 bits per heavy atom. The second-order valence-corrected chi connectivity index (χ2v) is 7.60. The first-order valence-electron chi connectivity index (χ1n) is 8.14. The number of hydrogen-bond donors (Lipinski definition) is 2. The molecule has 6 nitrogen and oxygen atoms in total. The van der Waals surface area contributed by atoms with Crippen molar-refractivity contribution in [2.24, 2.45) is 0 Å². The molecule has 0 bridgehead atoms. The molecule has 0 aliphatic carbocycles. The average molecular weight is 396 g/mol. The van der Waals surface area contributed by atoms with Gasteiger partial charge in [0.15, 0.2) is 5.82 Å². The molecule has 8 heteroatoms. The largest absolute Gasteiger partial charge is 0.325 e. The normalized spacial score (nSPS) is 10.4. The van der Waals surface area contributed by atoms with E-state index in [4.69, 9.17) is 5.26 Å². The van der Waals surface area contributed by atoms with Crippen LogP contribution in [0, 0.1) is 24.5 Å². The van der Waals surface area contributed by atoms with Gasteiger partial charge in [0.2, 0.25) is 11.1 Å². The van der Waals surface area contributed by atoms with Gasteiger partial charge in [-0.3, -0.25) is 9.89 Å². The van der Waals surface area contributed by atoms with Crippen molar-refractivity contribution in [2.75, 3.05) is 11.1 Å². The Morgan fingerprint density at radius 1 is 1.22 bits per heavy atom. The second kappa shape index (κ2) is 8.75. The molecule has 27 heavy (non-hydrogen) atoms. The van der Waals surface area contributed by atoms with Crippen LogP contribution in [0.15, 0.2) is 52.5 Å². The third-order valence-corrected chi connectivity index (χ3v) is 5.19. The molecule has 2 aromatic carbocycles. The van der Waals surface area contributed by atoms with Gasteiger partial charge in [-0.1, -0.05) is 42.1 Å². The maximum Gasteiger partial charge on any atom is 0.234 e. The molecule has 0 radical (unpaired) electrons. The van der Waals surface area contributed by atoms with E-state index >= 15 is 0 Å². The zero-order valence-electron chi connectivity index (χ0n) is 14.8. The third-order valence-electron chi connectivity index (χ3n) is 3.78. The number of nitriles is 1. The molecular weight excluding hydrogens is 378 g/mol. The van der Waals surface area contributed by atoms with E-state index in [2.05, 4.69) is 25.9 Å². The van der Waals surface area contributed by atoms with Crippen LogP contribution in [0.4, 0.5) is 5.69 Å².